The lowest BCUT2D eigenvalue weighted by Crippen LogP contribution is -2.17. The van der Waals surface area contributed by atoms with Crippen LogP contribution < -0.4 is 5.73 Å². The van der Waals surface area contributed by atoms with Gasteiger partial charge in [-0.25, -0.2) is 4.98 Å². The Morgan fingerprint density at radius 3 is 2.68 bits per heavy atom. The van der Waals surface area contributed by atoms with Crippen LogP contribution in [0.15, 0.2) is 54.9 Å². The average molecular weight is 251 g/mol. The molecule has 1 unspecified atom stereocenters. The van der Waals surface area contributed by atoms with Gasteiger partial charge in [0, 0.05) is 19.4 Å². The maximum Gasteiger partial charge on any atom is 0.125 e. The lowest BCUT2D eigenvalue weighted by Gasteiger charge is -2.12. The highest BCUT2D eigenvalue weighted by Crippen LogP contribution is 2.19. The molecule has 0 amide bonds. The summed E-state index contributed by atoms with van der Waals surface area (Å²) in [5, 5.41) is 2.52. The molecule has 0 bridgehead atoms. The van der Waals surface area contributed by atoms with E-state index < -0.39 is 0 Å². The third-order valence-corrected chi connectivity index (χ3v) is 3.46. The average Bonchev–Trinajstić information content (AvgIpc) is 2.85. The van der Waals surface area contributed by atoms with Gasteiger partial charge in [-0.2, -0.15) is 0 Å². The molecule has 3 heteroatoms. The molecule has 0 radical (unpaired) electrons. The van der Waals surface area contributed by atoms with E-state index in [4.69, 9.17) is 5.73 Å². The topological polar surface area (TPSA) is 43.8 Å². The molecule has 2 N–H and O–H groups in total. The van der Waals surface area contributed by atoms with E-state index in [1.165, 1.54) is 16.3 Å². The van der Waals surface area contributed by atoms with Crippen molar-refractivity contribution in [2.45, 2.75) is 12.5 Å². The summed E-state index contributed by atoms with van der Waals surface area (Å²) in [7, 11) is 1.97. The first-order chi connectivity index (χ1) is 9.24. The van der Waals surface area contributed by atoms with Gasteiger partial charge in [0.05, 0.1) is 6.04 Å². The largest absolute Gasteiger partial charge is 0.337 e. The van der Waals surface area contributed by atoms with Gasteiger partial charge in [-0.1, -0.05) is 42.5 Å². The summed E-state index contributed by atoms with van der Waals surface area (Å²) < 4.78 is 1.98. The molecule has 2 aromatic carbocycles. The molecule has 1 heterocycles. The number of benzene rings is 2. The number of nitrogens with zero attached hydrogens (tertiary/aromatic N) is 2. The van der Waals surface area contributed by atoms with E-state index in [0.29, 0.717) is 0 Å². The predicted molar refractivity (Wildman–Crippen MR) is 77.8 cm³/mol. The Bertz CT molecular complexity index is 700. The molecule has 3 nitrogen and oxygen atoms in total. The van der Waals surface area contributed by atoms with Gasteiger partial charge in [-0.05, 0) is 22.8 Å². The predicted octanol–water partition coefficient (Wildman–Crippen LogP) is 2.82. The van der Waals surface area contributed by atoms with E-state index in [-0.39, 0.29) is 6.04 Å². The molecular formula is C16H17N3. The van der Waals surface area contributed by atoms with Crippen molar-refractivity contribution in [2.75, 3.05) is 0 Å². The quantitative estimate of drug-likeness (QED) is 0.778. The van der Waals surface area contributed by atoms with E-state index in [9.17, 15) is 0 Å². The standard InChI is InChI=1S/C16H17N3/c1-19-9-8-18-16(19)15(17)11-12-6-7-13-4-2-3-5-14(13)10-12/h2-10,15H,11,17H2,1H3. The van der Waals surface area contributed by atoms with Crippen LogP contribution in [0.1, 0.15) is 17.4 Å². The normalized spacial score (nSPS) is 12.7. The van der Waals surface area contributed by atoms with Crippen molar-refractivity contribution < 1.29 is 0 Å². The van der Waals surface area contributed by atoms with Crippen LogP contribution in [0.25, 0.3) is 10.8 Å². The molecule has 3 aromatic rings. The maximum absolute atomic E-state index is 6.23. The molecule has 0 spiro atoms. The van der Waals surface area contributed by atoms with Gasteiger partial charge in [-0.15, -0.1) is 0 Å². The second kappa shape index (κ2) is 4.86. The van der Waals surface area contributed by atoms with Crippen molar-refractivity contribution >= 4 is 10.8 Å². The number of hydrogen-bond acceptors (Lipinski definition) is 2. The molecule has 19 heavy (non-hydrogen) atoms. The highest BCUT2D eigenvalue weighted by Gasteiger charge is 2.11. The summed E-state index contributed by atoms with van der Waals surface area (Å²) in [5.74, 6) is 0.924. The van der Waals surface area contributed by atoms with Gasteiger partial charge in [0.1, 0.15) is 5.82 Å². The first-order valence-corrected chi connectivity index (χ1v) is 6.44. The van der Waals surface area contributed by atoms with E-state index in [2.05, 4.69) is 47.4 Å². The lowest BCUT2D eigenvalue weighted by molar-refractivity contribution is 0.632. The fraction of sp³-hybridized carbons (Fsp3) is 0.188. The van der Waals surface area contributed by atoms with Crippen LogP contribution in [0.3, 0.4) is 0 Å². The van der Waals surface area contributed by atoms with Crippen molar-refractivity contribution in [3.63, 3.8) is 0 Å². The van der Waals surface area contributed by atoms with E-state index in [1.807, 2.05) is 17.8 Å². The summed E-state index contributed by atoms with van der Waals surface area (Å²) in [4.78, 5) is 4.31. The zero-order valence-corrected chi connectivity index (χ0v) is 11.0. The second-order valence-electron chi connectivity index (χ2n) is 4.89. The van der Waals surface area contributed by atoms with Crippen LogP contribution in [0.5, 0.6) is 0 Å². The van der Waals surface area contributed by atoms with Crippen LogP contribution in [-0.4, -0.2) is 9.55 Å². The highest BCUT2D eigenvalue weighted by molar-refractivity contribution is 5.82. The summed E-state index contributed by atoms with van der Waals surface area (Å²) in [6.45, 7) is 0. The van der Waals surface area contributed by atoms with Gasteiger partial charge in [-0.3, -0.25) is 0 Å². The van der Waals surface area contributed by atoms with E-state index in [1.54, 1.807) is 6.20 Å². The summed E-state index contributed by atoms with van der Waals surface area (Å²) in [6, 6.07) is 14.8. The fourth-order valence-corrected chi connectivity index (χ4v) is 2.45. The van der Waals surface area contributed by atoms with Gasteiger partial charge in [0.15, 0.2) is 0 Å². The zero-order valence-electron chi connectivity index (χ0n) is 11.0. The minimum Gasteiger partial charge on any atom is -0.337 e. The first kappa shape index (κ1) is 11.9. The molecule has 0 saturated heterocycles. The fourth-order valence-electron chi connectivity index (χ4n) is 2.45. The molecule has 1 aromatic heterocycles. The molecule has 0 aliphatic carbocycles. The Balaban J connectivity index is 1.87. The van der Waals surface area contributed by atoms with Crippen LogP contribution in [0.4, 0.5) is 0 Å². The Morgan fingerprint density at radius 1 is 1.16 bits per heavy atom. The maximum atomic E-state index is 6.23. The Hall–Kier alpha value is -2.13. The number of nitrogens with two attached hydrogens (primary N) is 1. The number of aromatic nitrogens is 2. The number of fused-ring (bicyclic) bond motifs is 1. The Labute approximate surface area is 112 Å². The monoisotopic (exact) mass is 251 g/mol. The van der Waals surface area contributed by atoms with Gasteiger partial charge >= 0.3 is 0 Å². The Morgan fingerprint density at radius 2 is 1.95 bits per heavy atom. The van der Waals surface area contributed by atoms with Crippen LogP contribution in [0.2, 0.25) is 0 Å². The number of imidazole rings is 1. The van der Waals surface area contributed by atoms with Crippen molar-refractivity contribution in [1.29, 1.82) is 0 Å². The number of rotatable bonds is 3. The lowest BCUT2D eigenvalue weighted by atomic mass is 10.0. The number of hydrogen-bond donors (Lipinski definition) is 1. The SMILES string of the molecule is Cn1ccnc1C(N)Cc1ccc2ccccc2c1. The molecule has 0 saturated carbocycles. The van der Waals surface area contributed by atoms with Crippen molar-refractivity contribution in [1.82, 2.24) is 9.55 Å². The number of aryl methyl sites for hydroxylation is 1. The molecule has 3 rings (SSSR count). The Kier molecular flexibility index (Phi) is 3.05. The highest BCUT2D eigenvalue weighted by atomic mass is 15.1. The molecular weight excluding hydrogens is 234 g/mol. The van der Waals surface area contributed by atoms with Crippen molar-refractivity contribution in [3.05, 3.63) is 66.2 Å². The van der Waals surface area contributed by atoms with E-state index >= 15 is 0 Å². The van der Waals surface area contributed by atoms with Crippen molar-refractivity contribution in [3.8, 4) is 0 Å². The third kappa shape index (κ3) is 2.37. The summed E-state index contributed by atoms with van der Waals surface area (Å²) in [5.41, 5.74) is 7.48. The van der Waals surface area contributed by atoms with Crippen LogP contribution >= 0.6 is 0 Å². The molecule has 96 valence electrons. The van der Waals surface area contributed by atoms with Gasteiger partial charge < -0.3 is 10.3 Å². The van der Waals surface area contributed by atoms with Crippen LogP contribution in [-0.2, 0) is 13.5 Å². The van der Waals surface area contributed by atoms with Crippen LogP contribution in [0, 0.1) is 0 Å². The van der Waals surface area contributed by atoms with Crippen molar-refractivity contribution in [2.24, 2.45) is 12.8 Å². The van der Waals surface area contributed by atoms with Gasteiger partial charge in [0.2, 0.25) is 0 Å². The summed E-state index contributed by atoms with van der Waals surface area (Å²) in [6.07, 6.45) is 4.51. The minimum atomic E-state index is -0.0684. The first-order valence-electron chi connectivity index (χ1n) is 6.44. The molecule has 0 fully saturated rings. The van der Waals surface area contributed by atoms with E-state index in [0.717, 1.165) is 12.2 Å². The second-order valence-corrected chi connectivity index (χ2v) is 4.89. The third-order valence-electron chi connectivity index (χ3n) is 3.46. The summed E-state index contributed by atoms with van der Waals surface area (Å²) >= 11 is 0. The smallest absolute Gasteiger partial charge is 0.125 e. The zero-order chi connectivity index (χ0) is 13.2. The molecule has 1 atom stereocenters. The minimum absolute atomic E-state index is 0.0684. The van der Waals surface area contributed by atoms with Gasteiger partial charge in [0.25, 0.3) is 0 Å². The molecule has 0 aliphatic heterocycles. The molecule has 0 aliphatic rings.